The van der Waals surface area contributed by atoms with Crippen LogP contribution in [0.1, 0.15) is 48.2 Å². The third-order valence-electron chi connectivity index (χ3n) is 5.40. The van der Waals surface area contributed by atoms with Gasteiger partial charge in [-0.25, -0.2) is 5.01 Å². The van der Waals surface area contributed by atoms with Crippen molar-refractivity contribution in [2.24, 2.45) is 5.73 Å². The lowest BCUT2D eigenvalue weighted by atomic mass is 9.76. The molecule has 0 spiro atoms. The minimum atomic E-state index is -0.597. The summed E-state index contributed by atoms with van der Waals surface area (Å²) in [5.74, 6) is -0.277. The summed E-state index contributed by atoms with van der Waals surface area (Å²) in [7, 11) is 0. The average Bonchev–Trinajstić information content (AvgIpc) is 3.31. The SMILES string of the molecule is CCOc1ccc(C2C(C#N)=C(N)N(NC(=O)c3ccco3)C3=C2C(=O)CCC3)cc1. The summed E-state index contributed by atoms with van der Waals surface area (Å²) in [6, 6.07) is 12.6. The second-order valence-corrected chi connectivity index (χ2v) is 7.24. The Labute approximate surface area is 179 Å². The molecular formula is C23H22N4O4. The maximum Gasteiger partial charge on any atom is 0.305 e. The molecule has 31 heavy (non-hydrogen) atoms. The van der Waals surface area contributed by atoms with Gasteiger partial charge in [0.1, 0.15) is 11.6 Å². The molecular weight excluding hydrogens is 396 g/mol. The number of amides is 1. The molecule has 1 amide bonds. The van der Waals surface area contributed by atoms with Gasteiger partial charge in [-0.15, -0.1) is 0 Å². The smallest absolute Gasteiger partial charge is 0.305 e. The van der Waals surface area contributed by atoms with Gasteiger partial charge >= 0.3 is 5.91 Å². The summed E-state index contributed by atoms with van der Waals surface area (Å²) in [6.45, 7) is 2.44. The Hall–Kier alpha value is -3.99. The second-order valence-electron chi connectivity index (χ2n) is 7.24. The summed E-state index contributed by atoms with van der Waals surface area (Å²) in [5.41, 5.74) is 11.1. The summed E-state index contributed by atoms with van der Waals surface area (Å²) < 4.78 is 10.6. The highest BCUT2D eigenvalue weighted by Crippen LogP contribution is 2.44. The number of allylic oxidation sites excluding steroid dienone is 3. The quantitative estimate of drug-likeness (QED) is 0.765. The van der Waals surface area contributed by atoms with E-state index in [1.807, 2.05) is 31.2 Å². The summed E-state index contributed by atoms with van der Waals surface area (Å²) >= 11 is 0. The Morgan fingerprint density at radius 2 is 2.10 bits per heavy atom. The molecule has 1 unspecified atom stereocenters. The highest BCUT2D eigenvalue weighted by atomic mass is 16.5. The molecule has 1 aliphatic heterocycles. The predicted molar refractivity (Wildman–Crippen MR) is 111 cm³/mol. The molecule has 0 fully saturated rings. The molecule has 8 heteroatoms. The van der Waals surface area contributed by atoms with Crippen LogP contribution in [0.3, 0.4) is 0 Å². The van der Waals surface area contributed by atoms with Gasteiger partial charge in [-0.1, -0.05) is 12.1 Å². The van der Waals surface area contributed by atoms with Crippen molar-refractivity contribution in [1.82, 2.24) is 10.4 Å². The molecule has 158 valence electrons. The molecule has 1 aromatic carbocycles. The van der Waals surface area contributed by atoms with Gasteiger partial charge in [0.05, 0.1) is 30.4 Å². The first kappa shape index (κ1) is 20.3. The fraction of sp³-hybridized carbons (Fsp3) is 0.261. The highest BCUT2D eigenvalue weighted by molar-refractivity contribution is 6.00. The lowest BCUT2D eigenvalue weighted by Gasteiger charge is -2.39. The van der Waals surface area contributed by atoms with Crippen molar-refractivity contribution in [3.8, 4) is 11.8 Å². The van der Waals surface area contributed by atoms with Crippen LogP contribution in [0.2, 0.25) is 0 Å². The van der Waals surface area contributed by atoms with E-state index in [-0.39, 0.29) is 22.9 Å². The van der Waals surface area contributed by atoms with E-state index in [0.29, 0.717) is 42.9 Å². The van der Waals surface area contributed by atoms with Gasteiger partial charge in [-0.05, 0) is 49.6 Å². The number of furan rings is 1. The van der Waals surface area contributed by atoms with E-state index in [2.05, 4.69) is 11.5 Å². The van der Waals surface area contributed by atoms with Crippen LogP contribution in [0.15, 0.2) is 69.7 Å². The van der Waals surface area contributed by atoms with E-state index < -0.39 is 11.8 Å². The van der Waals surface area contributed by atoms with Crippen LogP contribution >= 0.6 is 0 Å². The van der Waals surface area contributed by atoms with Crippen LogP contribution in [0.25, 0.3) is 0 Å². The van der Waals surface area contributed by atoms with E-state index in [9.17, 15) is 14.9 Å². The fourth-order valence-electron chi connectivity index (χ4n) is 4.04. The number of carbonyl (C=O) groups is 2. The number of nitriles is 1. The van der Waals surface area contributed by atoms with Crippen LogP contribution in [0, 0.1) is 11.3 Å². The van der Waals surface area contributed by atoms with Crippen molar-refractivity contribution >= 4 is 11.7 Å². The molecule has 1 aliphatic carbocycles. The number of nitrogens with two attached hydrogens (primary N) is 1. The van der Waals surface area contributed by atoms with Crippen LogP contribution in [0.5, 0.6) is 5.75 Å². The molecule has 2 aromatic rings. The number of nitrogens with one attached hydrogen (secondary N) is 1. The number of hydrogen-bond acceptors (Lipinski definition) is 7. The molecule has 1 aromatic heterocycles. The maximum absolute atomic E-state index is 13.0. The molecule has 8 nitrogen and oxygen atoms in total. The molecule has 0 radical (unpaired) electrons. The summed E-state index contributed by atoms with van der Waals surface area (Å²) in [6.07, 6.45) is 2.95. The minimum Gasteiger partial charge on any atom is -0.494 e. The molecule has 2 aliphatic rings. The predicted octanol–water partition coefficient (Wildman–Crippen LogP) is 3.12. The Bertz CT molecular complexity index is 1110. The molecule has 0 saturated carbocycles. The number of Topliss-reactive ketones (excluding diaryl/α,β-unsaturated/α-hetero) is 1. The number of hydrogen-bond donors (Lipinski definition) is 2. The van der Waals surface area contributed by atoms with Crippen molar-refractivity contribution in [3.63, 3.8) is 0 Å². The lowest BCUT2D eigenvalue weighted by molar-refractivity contribution is -0.116. The van der Waals surface area contributed by atoms with Crippen LogP contribution in [-0.4, -0.2) is 23.3 Å². The Morgan fingerprint density at radius 3 is 2.74 bits per heavy atom. The Kier molecular flexibility index (Phi) is 5.50. The third kappa shape index (κ3) is 3.66. The number of ether oxygens (including phenoxy) is 1. The molecule has 2 heterocycles. The normalized spacial score (nSPS) is 18.5. The van der Waals surface area contributed by atoms with Gasteiger partial charge in [0.25, 0.3) is 0 Å². The standard InChI is InChI=1S/C23H22N4O4/c1-2-30-15-10-8-14(9-11-15)20-16(13-24)22(25)27(17-5-3-6-18(28)21(17)20)26-23(29)19-7-4-12-31-19/h4,7-12,20H,2-3,5-6,25H2,1H3,(H,26,29). The zero-order chi connectivity index (χ0) is 22.0. The number of rotatable bonds is 5. The first-order chi connectivity index (χ1) is 15.0. The first-order valence-electron chi connectivity index (χ1n) is 10.1. The van der Waals surface area contributed by atoms with E-state index in [1.54, 1.807) is 6.07 Å². The molecule has 0 saturated heterocycles. The van der Waals surface area contributed by atoms with Gasteiger partial charge in [0.2, 0.25) is 0 Å². The van der Waals surface area contributed by atoms with Gasteiger partial charge in [0.15, 0.2) is 11.5 Å². The monoisotopic (exact) mass is 418 g/mol. The number of ketones is 1. The number of benzene rings is 1. The van der Waals surface area contributed by atoms with Crippen LogP contribution < -0.4 is 15.9 Å². The minimum absolute atomic E-state index is 0.0577. The van der Waals surface area contributed by atoms with Gasteiger partial charge in [0, 0.05) is 17.7 Å². The average molecular weight is 418 g/mol. The molecule has 4 rings (SSSR count). The Morgan fingerprint density at radius 1 is 1.32 bits per heavy atom. The highest BCUT2D eigenvalue weighted by Gasteiger charge is 2.40. The van der Waals surface area contributed by atoms with Gasteiger partial charge < -0.3 is 14.9 Å². The largest absolute Gasteiger partial charge is 0.494 e. The van der Waals surface area contributed by atoms with E-state index >= 15 is 0 Å². The zero-order valence-corrected chi connectivity index (χ0v) is 17.1. The van der Waals surface area contributed by atoms with Crippen LogP contribution in [0.4, 0.5) is 0 Å². The third-order valence-corrected chi connectivity index (χ3v) is 5.40. The second kappa shape index (κ2) is 8.40. The fourth-order valence-corrected chi connectivity index (χ4v) is 4.04. The Balaban J connectivity index is 1.78. The van der Waals surface area contributed by atoms with Crippen molar-refractivity contribution in [2.75, 3.05) is 6.61 Å². The van der Waals surface area contributed by atoms with E-state index in [4.69, 9.17) is 14.9 Å². The van der Waals surface area contributed by atoms with Crippen molar-refractivity contribution in [1.29, 1.82) is 5.26 Å². The van der Waals surface area contributed by atoms with E-state index in [1.165, 1.54) is 17.3 Å². The first-order valence-corrected chi connectivity index (χ1v) is 10.1. The lowest BCUT2D eigenvalue weighted by Crippen LogP contribution is -2.48. The van der Waals surface area contributed by atoms with Gasteiger partial charge in [-0.3, -0.25) is 15.0 Å². The van der Waals surface area contributed by atoms with Gasteiger partial charge in [-0.2, -0.15) is 5.26 Å². The summed E-state index contributed by atoms with van der Waals surface area (Å²) in [4.78, 5) is 25.6. The number of hydrazine groups is 1. The molecule has 3 N–H and O–H groups in total. The van der Waals surface area contributed by atoms with Crippen molar-refractivity contribution < 1.29 is 18.7 Å². The zero-order valence-electron chi connectivity index (χ0n) is 17.1. The maximum atomic E-state index is 13.0. The number of nitrogens with zero attached hydrogens (tertiary/aromatic N) is 2. The number of carbonyl (C=O) groups excluding carboxylic acids is 2. The van der Waals surface area contributed by atoms with Crippen LogP contribution in [-0.2, 0) is 4.79 Å². The van der Waals surface area contributed by atoms with Crippen molar-refractivity contribution in [2.45, 2.75) is 32.1 Å². The molecule has 0 bridgehead atoms. The van der Waals surface area contributed by atoms with E-state index in [0.717, 1.165) is 5.56 Å². The summed E-state index contributed by atoms with van der Waals surface area (Å²) in [5, 5.41) is 11.3. The van der Waals surface area contributed by atoms with Crippen molar-refractivity contribution in [3.05, 3.63) is 76.6 Å². The topological polar surface area (TPSA) is 122 Å². The molecule has 1 atom stereocenters.